The summed E-state index contributed by atoms with van der Waals surface area (Å²) in [5, 5.41) is 0. The Morgan fingerprint density at radius 2 is 1.44 bits per heavy atom. The predicted molar refractivity (Wildman–Crippen MR) is 80.1 cm³/mol. The summed E-state index contributed by atoms with van der Waals surface area (Å²) in [7, 11) is 0. The molecular formula is C18H16. The average molecular weight is 232 g/mol. The third-order valence-corrected chi connectivity index (χ3v) is 2.66. The molecule has 0 saturated heterocycles. The van der Waals surface area contributed by atoms with Gasteiger partial charge in [-0.1, -0.05) is 91.5 Å². The van der Waals surface area contributed by atoms with Gasteiger partial charge < -0.3 is 0 Å². The molecule has 0 unspecified atom stereocenters. The van der Waals surface area contributed by atoms with Gasteiger partial charge in [0.25, 0.3) is 0 Å². The van der Waals surface area contributed by atoms with Crippen LogP contribution in [0.25, 0.3) is 11.6 Å². The van der Waals surface area contributed by atoms with Crippen LogP contribution >= 0.6 is 0 Å². The maximum atomic E-state index is 3.77. The van der Waals surface area contributed by atoms with Gasteiger partial charge in [-0.25, -0.2) is 0 Å². The van der Waals surface area contributed by atoms with Gasteiger partial charge in [0.1, 0.15) is 0 Å². The Morgan fingerprint density at radius 1 is 0.833 bits per heavy atom. The molecule has 0 atom stereocenters. The first kappa shape index (κ1) is 12.1. The molecule has 0 bridgehead atoms. The largest absolute Gasteiger partial charge is 0.0990 e. The highest BCUT2D eigenvalue weighted by Crippen LogP contribution is 2.17. The normalized spacial score (nSPS) is 11.7. The van der Waals surface area contributed by atoms with Crippen LogP contribution in [0.1, 0.15) is 11.1 Å². The van der Waals surface area contributed by atoms with Gasteiger partial charge >= 0.3 is 0 Å². The zero-order valence-corrected chi connectivity index (χ0v) is 10.3. The van der Waals surface area contributed by atoms with Crippen molar-refractivity contribution in [3.05, 3.63) is 96.6 Å². The van der Waals surface area contributed by atoms with Crippen LogP contribution in [-0.2, 0) is 0 Å². The quantitative estimate of drug-likeness (QED) is 0.653. The van der Waals surface area contributed by atoms with E-state index in [4.69, 9.17) is 0 Å². The minimum absolute atomic E-state index is 1.16. The van der Waals surface area contributed by atoms with Crippen LogP contribution in [0.2, 0.25) is 0 Å². The summed E-state index contributed by atoms with van der Waals surface area (Å²) in [5.74, 6) is 0. The zero-order chi connectivity index (χ0) is 12.6. The summed E-state index contributed by atoms with van der Waals surface area (Å²) in [4.78, 5) is 0. The van der Waals surface area contributed by atoms with Crippen molar-refractivity contribution in [2.45, 2.75) is 0 Å². The Labute approximate surface area is 109 Å². The second-order valence-electron chi connectivity index (χ2n) is 3.97. The molecule has 0 heteroatoms. The summed E-state index contributed by atoms with van der Waals surface area (Å²) in [6, 6.07) is 20.6. The Hall–Kier alpha value is -2.34. The van der Waals surface area contributed by atoms with Crippen molar-refractivity contribution in [1.29, 1.82) is 0 Å². The fraction of sp³-hybridized carbons (Fsp3) is 0. The van der Waals surface area contributed by atoms with Gasteiger partial charge in [0.2, 0.25) is 0 Å². The summed E-state index contributed by atoms with van der Waals surface area (Å²) in [6.45, 7) is 3.77. The molecule has 0 amide bonds. The molecule has 2 rings (SSSR count). The molecule has 0 aliphatic rings. The van der Waals surface area contributed by atoms with Crippen molar-refractivity contribution in [3.63, 3.8) is 0 Å². The van der Waals surface area contributed by atoms with E-state index in [0.717, 1.165) is 5.57 Å². The molecule has 0 N–H and O–H groups in total. The SMILES string of the molecule is C=C/C=C(\C=C\c1ccccc1)c1ccccc1. The van der Waals surface area contributed by atoms with Crippen molar-refractivity contribution in [1.82, 2.24) is 0 Å². The maximum Gasteiger partial charge on any atom is -0.0184 e. The molecule has 0 saturated carbocycles. The van der Waals surface area contributed by atoms with Gasteiger partial charge in [-0.3, -0.25) is 0 Å². The molecule has 0 radical (unpaired) electrons. The van der Waals surface area contributed by atoms with E-state index < -0.39 is 0 Å². The maximum absolute atomic E-state index is 3.77. The van der Waals surface area contributed by atoms with Crippen LogP contribution in [-0.4, -0.2) is 0 Å². The minimum Gasteiger partial charge on any atom is -0.0990 e. The monoisotopic (exact) mass is 232 g/mol. The first-order valence-electron chi connectivity index (χ1n) is 6.01. The van der Waals surface area contributed by atoms with Crippen LogP contribution < -0.4 is 0 Å². The van der Waals surface area contributed by atoms with Crippen LogP contribution in [0, 0.1) is 0 Å². The molecule has 88 valence electrons. The van der Waals surface area contributed by atoms with Crippen molar-refractivity contribution in [3.8, 4) is 0 Å². The van der Waals surface area contributed by atoms with Crippen LogP contribution in [0.3, 0.4) is 0 Å². The molecule has 0 heterocycles. The molecule has 0 spiro atoms. The Kier molecular flexibility index (Phi) is 4.32. The first-order chi connectivity index (χ1) is 8.90. The molecular weight excluding hydrogens is 216 g/mol. The van der Waals surface area contributed by atoms with E-state index in [9.17, 15) is 0 Å². The van der Waals surface area contributed by atoms with E-state index in [0.29, 0.717) is 0 Å². The summed E-state index contributed by atoms with van der Waals surface area (Å²) < 4.78 is 0. The van der Waals surface area contributed by atoms with Gasteiger partial charge in [-0.2, -0.15) is 0 Å². The Balaban J connectivity index is 2.26. The summed E-state index contributed by atoms with van der Waals surface area (Å²) in [6.07, 6.45) is 8.07. The topological polar surface area (TPSA) is 0 Å². The molecule has 0 fully saturated rings. The van der Waals surface area contributed by atoms with E-state index in [2.05, 4.69) is 43.0 Å². The number of hydrogen-bond donors (Lipinski definition) is 0. The van der Waals surface area contributed by atoms with Gasteiger partial charge in [0.05, 0.1) is 0 Å². The van der Waals surface area contributed by atoms with Crippen molar-refractivity contribution in [2.75, 3.05) is 0 Å². The highest BCUT2D eigenvalue weighted by molar-refractivity contribution is 5.79. The van der Waals surface area contributed by atoms with Gasteiger partial charge in [0.15, 0.2) is 0 Å². The zero-order valence-electron chi connectivity index (χ0n) is 10.3. The summed E-state index contributed by atoms with van der Waals surface area (Å²) >= 11 is 0. The standard InChI is InChI=1S/C18H16/c1-2-9-17(18-12-7-4-8-13-18)15-14-16-10-5-3-6-11-16/h2-15H,1H2/b15-14+,17-9+. The third-order valence-electron chi connectivity index (χ3n) is 2.66. The highest BCUT2D eigenvalue weighted by atomic mass is 14.0. The fourth-order valence-corrected chi connectivity index (χ4v) is 1.76. The van der Waals surface area contributed by atoms with Gasteiger partial charge in [-0.15, -0.1) is 0 Å². The van der Waals surface area contributed by atoms with Crippen molar-refractivity contribution in [2.24, 2.45) is 0 Å². The second kappa shape index (κ2) is 6.41. The van der Waals surface area contributed by atoms with Crippen LogP contribution in [0.15, 0.2) is 85.5 Å². The predicted octanol–water partition coefficient (Wildman–Crippen LogP) is 4.97. The fourth-order valence-electron chi connectivity index (χ4n) is 1.76. The van der Waals surface area contributed by atoms with Crippen LogP contribution in [0.4, 0.5) is 0 Å². The third kappa shape index (κ3) is 3.33. The van der Waals surface area contributed by atoms with Gasteiger partial charge in [-0.05, 0) is 16.7 Å². The molecule has 0 aromatic heterocycles. The lowest BCUT2D eigenvalue weighted by Crippen LogP contribution is -1.79. The first-order valence-corrected chi connectivity index (χ1v) is 6.01. The van der Waals surface area contributed by atoms with Crippen molar-refractivity contribution >= 4 is 11.6 Å². The van der Waals surface area contributed by atoms with Crippen LogP contribution in [0.5, 0.6) is 0 Å². The number of allylic oxidation sites excluding steroid dienone is 4. The number of hydrogen-bond acceptors (Lipinski definition) is 0. The molecule has 0 nitrogen and oxygen atoms in total. The Bertz CT molecular complexity index is 545. The number of rotatable bonds is 4. The highest BCUT2D eigenvalue weighted by Gasteiger charge is 1.95. The van der Waals surface area contributed by atoms with E-state index in [1.54, 1.807) is 0 Å². The molecule has 18 heavy (non-hydrogen) atoms. The minimum atomic E-state index is 1.16. The van der Waals surface area contributed by atoms with E-state index >= 15 is 0 Å². The lowest BCUT2D eigenvalue weighted by Gasteiger charge is -2.01. The molecule has 2 aromatic carbocycles. The lowest BCUT2D eigenvalue weighted by atomic mass is 10.0. The van der Waals surface area contributed by atoms with Crippen molar-refractivity contribution < 1.29 is 0 Å². The second-order valence-corrected chi connectivity index (χ2v) is 3.97. The molecule has 2 aromatic rings. The Morgan fingerprint density at radius 3 is 2.06 bits per heavy atom. The lowest BCUT2D eigenvalue weighted by molar-refractivity contribution is 1.62. The number of benzene rings is 2. The van der Waals surface area contributed by atoms with E-state index in [1.807, 2.05) is 48.6 Å². The van der Waals surface area contributed by atoms with Gasteiger partial charge in [0, 0.05) is 0 Å². The van der Waals surface area contributed by atoms with E-state index in [-0.39, 0.29) is 0 Å². The molecule has 0 aliphatic heterocycles. The smallest absolute Gasteiger partial charge is 0.0184 e. The summed E-state index contributed by atoms with van der Waals surface area (Å²) in [5.41, 5.74) is 3.56. The van der Waals surface area contributed by atoms with E-state index in [1.165, 1.54) is 11.1 Å². The molecule has 0 aliphatic carbocycles. The average Bonchev–Trinajstić information content (AvgIpc) is 2.45.